The molecule has 64 valence electrons. The number of hydrogen-bond donors (Lipinski definition) is 2. The maximum atomic E-state index is 9.15. The van der Waals surface area contributed by atoms with Crippen molar-refractivity contribution in [3.05, 3.63) is 30.1 Å². The number of hydrogen-bond acceptors (Lipinski definition) is 3. The topological polar surface area (TPSA) is 59.1 Å². The molecule has 0 bridgehead atoms. The monoisotopic (exact) mass is 164 g/mol. The first kappa shape index (κ1) is 7.71. The molecule has 3 heteroatoms. The molecule has 0 aromatic carbocycles. The molecule has 1 aliphatic carbocycles. The Bertz CT molecular complexity index is 267. The van der Waals surface area contributed by atoms with E-state index in [-0.39, 0.29) is 11.6 Å². The number of aromatic nitrogens is 1. The second-order valence-electron chi connectivity index (χ2n) is 3.45. The van der Waals surface area contributed by atoms with Gasteiger partial charge in [0.1, 0.15) is 0 Å². The summed E-state index contributed by atoms with van der Waals surface area (Å²) in [4.78, 5) is 3.92. The van der Waals surface area contributed by atoms with Crippen molar-refractivity contribution in [1.82, 2.24) is 4.98 Å². The van der Waals surface area contributed by atoms with E-state index in [2.05, 4.69) is 4.98 Å². The minimum absolute atomic E-state index is 0.219. The molecule has 0 unspecified atom stereocenters. The molecule has 1 fully saturated rings. The van der Waals surface area contributed by atoms with Crippen molar-refractivity contribution in [2.24, 2.45) is 5.73 Å². The van der Waals surface area contributed by atoms with E-state index in [0.717, 1.165) is 5.56 Å². The van der Waals surface area contributed by atoms with Crippen LogP contribution in [0.1, 0.15) is 18.4 Å². The number of aliphatic hydroxyl groups is 1. The van der Waals surface area contributed by atoms with Crippen molar-refractivity contribution in [3.63, 3.8) is 0 Å². The van der Waals surface area contributed by atoms with Crippen molar-refractivity contribution < 1.29 is 5.11 Å². The van der Waals surface area contributed by atoms with Crippen molar-refractivity contribution in [3.8, 4) is 0 Å². The van der Waals surface area contributed by atoms with Crippen LogP contribution in [0.25, 0.3) is 0 Å². The van der Waals surface area contributed by atoms with Gasteiger partial charge in [0.25, 0.3) is 0 Å². The second kappa shape index (κ2) is 2.54. The van der Waals surface area contributed by atoms with Gasteiger partial charge in [0.2, 0.25) is 0 Å². The fourth-order valence-electron chi connectivity index (χ4n) is 1.70. The Morgan fingerprint density at radius 2 is 2.00 bits per heavy atom. The smallest absolute Gasteiger partial charge is 0.0582 e. The summed E-state index contributed by atoms with van der Waals surface area (Å²) in [7, 11) is 0. The summed E-state index contributed by atoms with van der Waals surface area (Å²) in [5.74, 6) is 0. The van der Waals surface area contributed by atoms with Crippen molar-refractivity contribution in [2.75, 3.05) is 0 Å². The van der Waals surface area contributed by atoms with Gasteiger partial charge < -0.3 is 10.8 Å². The maximum Gasteiger partial charge on any atom is 0.0582 e. The van der Waals surface area contributed by atoms with Crippen molar-refractivity contribution in [2.45, 2.75) is 24.5 Å². The lowest BCUT2D eigenvalue weighted by molar-refractivity contribution is 0.0209. The van der Waals surface area contributed by atoms with Crippen molar-refractivity contribution >= 4 is 0 Å². The van der Waals surface area contributed by atoms with Gasteiger partial charge in [-0.3, -0.25) is 4.98 Å². The zero-order valence-corrected chi connectivity index (χ0v) is 6.77. The number of aliphatic hydroxyl groups excluding tert-OH is 1. The molecule has 2 rings (SSSR count). The average Bonchev–Trinajstić information content (AvgIpc) is 2.04. The van der Waals surface area contributed by atoms with Gasteiger partial charge in [-0.25, -0.2) is 0 Å². The van der Waals surface area contributed by atoms with Crippen LogP contribution in [0.2, 0.25) is 0 Å². The molecular formula is C9H12N2O. The summed E-state index contributed by atoms with van der Waals surface area (Å²) in [6.45, 7) is 0. The molecule has 1 heterocycles. The van der Waals surface area contributed by atoms with E-state index in [9.17, 15) is 0 Å². The zero-order chi connectivity index (χ0) is 8.60. The molecule has 3 N–H and O–H groups in total. The SMILES string of the molecule is NC1(c2ccncc2)CC(O)C1. The van der Waals surface area contributed by atoms with E-state index in [0.29, 0.717) is 12.8 Å². The van der Waals surface area contributed by atoms with Crippen LogP contribution in [0.5, 0.6) is 0 Å². The predicted molar refractivity (Wildman–Crippen MR) is 45.3 cm³/mol. The highest BCUT2D eigenvalue weighted by Crippen LogP contribution is 2.38. The Morgan fingerprint density at radius 1 is 1.42 bits per heavy atom. The van der Waals surface area contributed by atoms with Crippen LogP contribution in [0, 0.1) is 0 Å². The van der Waals surface area contributed by atoms with Crippen LogP contribution in [0.15, 0.2) is 24.5 Å². The summed E-state index contributed by atoms with van der Waals surface area (Å²) in [5, 5.41) is 9.15. The van der Waals surface area contributed by atoms with Crippen LogP contribution in [-0.4, -0.2) is 16.2 Å². The van der Waals surface area contributed by atoms with Crippen LogP contribution in [0.3, 0.4) is 0 Å². The highest BCUT2D eigenvalue weighted by Gasteiger charge is 2.41. The summed E-state index contributed by atoms with van der Waals surface area (Å²) in [5.41, 5.74) is 6.80. The second-order valence-corrected chi connectivity index (χ2v) is 3.45. The molecule has 1 saturated carbocycles. The lowest BCUT2D eigenvalue weighted by Crippen LogP contribution is -2.51. The van der Waals surface area contributed by atoms with E-state index < -0.39 is 0 Å². The molecule has 1 aromatic heterocycles. The summed E-state index contributed by atoms with van der Waals surface area (Å²) >= 11 is 0. The standard InChI is InChI=1S/C9H12N2O/c10-9(5-8(12)6-9)7-1-3-11-4-2-7/h1-4,8,12H,5-6,10H2. The van der Waals surface area contributed by atoms with Gasteiger partial charge in [-0.2, -0.15) is 0 Å². The Hall–Kier alpha value is -0.930. The quantitative estimate of drug-likeness (QED) is 0.631. The summed E-state index contributed by atoms with van der Waals surface area (Å²) in [6.07, 6.45) is 4.57. The van der Waals surface area contributed by atoms with Crippen molar-refractivity contribution in [1.29, 1.82) is 0 Å². The molecule has 0 radical (unpaired) electrons. The zero-order valence-electron chi connectivity index (χ0n) is 6.77. The van der Waals surface area contributed by atoms with Gasteiger partial charge >= 0.3 is 0 Å². The van der Waals surface area contributed by atoms with Gasteiger partial charge in [-0.15, -0.1) is 0 Å². The predicted octanol–water partition coefficient (Wildman–Crippen LogP) is 0.390. The molecule has 1 aromatic rings. The number of nitrogens with zero attached hydrogens (tertiary/aromatic N) is 1. The van der Waals surface area contributed by atoms with Crippen LogP contribution in [0.4, 0.5) is 0 Å². The number of rotatable bonds is 1. The lowest BCUT2D eigenvalue weighted by atomic mass is 9.71. The van der Waals surface area contributed by atoms with E-state index in [1.54, 1.807) is 12.4 Å². The largest absolute Gasteiger partial charge is 0.393 e. The fraction of sp³-hybridized carbons (Fsp3) is 0.444. The van der Waals surface area contributed by atoms with E-state index >= 15 is 0 Å². The molecule has 0 spiro atoms. The highest BCUT2D eigenvalue weighted by atomic mass is 16.3. The van der Waals surface area contributed by atoms with Gasteiger partial charge in [0.05, 0.1) is 6.10 Å². The minimum Gasteiger partial charge on any atom is -0.393 e. The lowest BCUT2D eigenvalue weighted by Gasteiger charge is -2.42. The maximum absolute atomic E-state index is 9.15. The molecule has 12 heavy (non-hydrogen) atoms. The van der Waals surface area contributed by atoms with Crippen LogP contribution >= 0.6 is 0 Å². The van der Waals surface area contributed by atoms with Gasteiger partial charge in [-0.05, 0) is 30.5 Å². The van der Waals surface area contributed by atoms with Gasteiger partial charge in [0, 0.05) is 17.9 Å². The minimum atomic E-state index is -0.303. The van der Waals surface area contributed by atoms with Gasteiger partial charge in [-0.1, -0.05) is 0 Å². The Labute approximate surface area is 71.2 Å². The third kappa shape index (κ3) is 1.11. The van der Waals surface area contributed by atoms with E-state index in [1.807, 2.05) is 12.1 Å². The first-order valence-corrected chi connectivity index (χ1v) is 4.08. The average molecular weight is 164 g/mol. The van der Waals surface area contributed by atoms with E-state index in [4.69, 9.17) is 10.8 Å². The van der Waals surface area contributed by atoms with E-state index in [1.165, 1.54) is 0 Å². The molecule has 0 aliphatic heterocycles. The summed E-state index contributed by atoms with van der Waals surface area (Å²) < 4.78 is 0. The van der Waals surface area contributed by atoms with Crippen LogP contribution < -0.4 is 5.73 Å². The molecule has 0 saturated heterocycles. The normalized spacial score (nSPS) is 34.3. The number of nitrogens with two attached hydrogens (primary N) is 1. The number of pyridine rings is 1. The molecular weight excluding hydrogens is 152 g/mol. The first-order valence-electron chi connectivity index (χ1n) is 4.08. The van der Waals surface area contributed by atoms with Gasteiger partial charge in [0.15, 0.2) is 0 Å². The Balaban J connectivity index is 2.21. The van der Waals surface area contributed by atoms with Crippen LogP contribution in [-0.2, 0) is 5.54 Å². The third-order valence-corrected chi connectivity index (χ3v) is 2.45. The fourth-order valence-corrected chi connectivity index (χ4v) is 1.70. The highest BCUT2D eigenvalue weighted by molar-refractivity contribution is 5.25. The molecule has 1 aliphatic rings. The molecule has 0 amide bonds. The molecule has 0 atom stereocenters. The summed E-state index contributed by atoms with van der Waals surface area (Å²) in [6, 6.07) is 3.82. The third-order valence-electron chi connectivity index (χ3n) is 2.45. The Kier molecular flexibility index (Phi) is 1.63. The Morgan fingerprint density at radius 3 is 2.50 bits per heavy atom. The first-order chi connectivity index (χ1) is 5.71. The molecule has 3 nitrogen and oxygen atoms in total.